The van der Waals surface area contributed by atoms with Crippen molar-refractivity contribution in [2.45, 2.75) is 19.9 Å². The number of amides is 1. The van der Waals surface area contributed by atoms with Crippen LogP contribution in [0.15, 0.2) is 29.6 Å². The monoisotopic (exact) mass is 372 g/mol. The fraction of sp³-hybridized carbons (Fsp3) is 0.167. The molecule has 2 heterocycles. The number of thiazole rings is 1. The van der Waals surface area contributed by atoms with Crippen molar-refractivity contribution in [1.82, 2.24) is 9.55 Å². The second-order valence-electron chi connectivity index (χ2n) is 5.68. The van der Waals surface area contributed by atoms with E-state index in [0.29, 0.717) is 22.1 Å². The highest BCUT2D eigenvalue weighted by Gasteiger charge is 2.20. The van der Waals surface area contributed by atoms with Crippen LogP contribution in [0.1, 0.15) is 26.6 Å². The van der Waals surface area contributed by atoms with Crippen molar-refractivity contribution in [3.05, 3.63) is 63.1 Å². The Labute approximate surface area is 152 Å². The first-order valence-corrected chi connectivity index (χ1v) is 8.54. The average molecular weight is 372 g/mol. The number of aromatic nitrogens is 2. The van der Waals surface area contributed by atoms with Gasteiger partial charge in [-0.05, 0) is 31.2 Å². The van der Waals surface area contributed by atoms with Crippen LogP contribution >= 0.6 is 11.3 Å². The maximum Gasteiger partial charge on any atom is 0.250 e. The minimum Gasteiger partial charge on any atom is -0.366 e. The number of carbonyl (C=O) groups excluding carboxylic acids is 1. The number of carbonyl (C=O) groups is 1. The highest BCUT2D eigenvalue weighted by molar-refractivity contribution is 7.10. The van der Waals surface area contributed by atoms with Gasteiger partial charge in [-0.1, -0.05) is 0 Å². The Bertz CT molecular complexity index is 1030. The lowest BCUT2D eigenvalue weighted by Gasteiger charge is -2.12. The summed E-state index contributed by atoms with van der Waals surface area (Å²) in [4.78, 5) is 16.1. The van der Waals surface area contributed by atoms with E-state index in [0.717, 1.165) is 18.2 Å². The summed E-state index contributed by atoms with van der Waals surface area (Å²) in [6.45, 7) is 1.70. The van der Waals surface area contributed by atoms with Gasteiger partial charge in [0.1, 0.15) is 16.6 Å². The number of hydrogen-bond donors (Lipinski definition) is 1. The largest absolute Gasteiger partial charge is 0.366 e. The van der Waals surface area contributed by atoms with Gasteiger partial charge < -0.3 is 10.3 Å². The van der Waals surface area contributed by atoms with Crippen LogP contribution in [0.5, 0.6) is 0 Å². The fourth-order valence-electron chi connectivity index (χ4n) is 2.72. The molecule has 1 aromatic carbocycles. The predicted molar refractivity (Wildman–Crippen MR) is 93.6 cm³/mol. The molecule has 0 aliphatic heterocycles. The van der Waals surface area contributed by atoms with Gasteiger partial charge in [0, 0.05) is 16.6 Å². The van der Waals surface area contributed by atoms with E-state index in [2.05, 4.69) is 4.98 Å². The Hall–Kier alpha value is -3.05. The molecule has 132 valence electrons. The van der Waals surface area contributed by atoms with Gasteiger partial charge in [-0.15, -0.1) is 11.3 Å². The molecule has 0 spiro atoms. The summed E-state index contributed by atoms with van der Waals surface area (Å²) >= 11 is 1.32. The van der Waals surface area contributed by atoms with Gasteiger partial charge in [0.15, 0.2) is 0 Å². The van der Waals surface area contributed by atoms with Crippen LogP contribution in [0.4, 0.5) is 8.78 Å². The lowest BCUT2D eigenvalue weighted by molar-refractivity contribution is 0.0999. The zero-order valence-electron chi connectivity index (χ0n) is 13.8. The molecule has 2 aromatic heterocycles. The van der Waals surface area contributed by atoms with Crippen molar-refractivity contribution in [3.63, 3.8) is 0 Å². The first-order chi connectivity index (χ1) is 12.4. The van der Waals surface area contributed by atoms with E-state index >= 15 is 0 Å². The standard InChI is InChI=1S/C18H14F2N4OS/c1-10-13(18(22)25)7-16(15-9-26-17(23-15)4-5-21)24(10)8-11-6-12(19)2-3-14(11)20/h2-3,6-7,9H,4,8H2,1H3,(H2,22,25). The van der Waals surface area contributed by atoms with Crippen molar-refractivity contribution in [1.29, 1.82) is 5.26 Å². The maximum absolute atomic E-state index is 14.1. The average Bonchev–Trinajstić information content (AvgIpc) is 3.17. The highest BCUT2D eigenvalue weighted by Crippen LogP contribution is 2.28. The Balaban J connectivity index is 2.11. The molecule has 5 nitrogen and oxygen atoms in total. The van der Waals surface area contributed by atoms with E-state index in [4.69, 9.17) is 11.0 Å². The summed E-state index contributed by atoms with van der Waals surface area (Å²) in [6, 6.07) is 6.84. The van der Waals surface area contributed by atoms with Gasteiger partial charge in [0.2, 0.25) is 0 Å². The zero-order valence-corrected chi connectivity index (χ0v) is 14.6. The number of primary amides is 1. The number of halogens is 2. The quantitative estimate of drug-likeness (QED) is 0.745. The third-order valence-corrected chi connectivity index (χ3v) is 4.86. The summed E-state index contributed by atoms with van der Waals surface area (Å²) in [5.41, 5.74) is 7.50. The van der Waals surface area contributed by atoms with Gasteiger partial charge in [-0.3, -0.25) is 4.79 Å². The van der Waals surface area contributed by atoms with Gasteiger partial charge >= 0.3 is 0 Å². The molecular formula is C18H14F2N4OS. The van der Waals surface area contributed by atoms with Crippen LogP contribution in [0.3, 0.4) is 0 Å². The third-order valence-electron chi connectivity index (χ3n) is 4.01. The lowest BCUT2D eigenvalue weighted by Crippen LogP contribution is -2.13. The minimum atomic E-state index is -0.616. The Morgan fingerprint density at radius 1 is 1.38 bits per heavy atom. The number of nitrogens with zero attached hydrogens (tertiary/aromatic N) is 3. The number of hydrogen-bond acceptors (Lipinski definition) is 4. The number of nitrogens with two attached hydrogens (primary N) is 1. The normalized spacial score (nSPS) is 10.7. The second-order valence-corrected chi connectivity index (χ2v) is 6.62. The summed E-state index contributed by atoms with van der Waals surface area (Å²) in [6.07, 6.45) is 0.172. The first kappa shape index (κ1) is 17.8. The molecule has 0 saturated carbocycles. The molecule has 0 aliphatic rings. The van der Waals surface area contributed by atoms with Crippen molar-refractivity contribution >= 4 is 17.2 Å². The van der Waals surface area contributed by atoms with E-state index in [1.165, 1.54) is 11.3 Å². The molecule has 1 amide bonds. The molecule has 2 N–H and O–H groups in total. The van der Waals surface area contributed by atoms with Crippen LogP contribution in [-0.4, -0.2) is 15.5 Å². The number of nitriles is 1. The molecule has 8 heteroatoms. The molecule has 0 saturated heterocycles. The van der Waals surface area contributed by atoms with Crippen molar-refractivity contribution < 1.29 is 13.6 Å². The van der Waals surface area contributed by atoms with Crippen molar-refractivity contribution in [2.24, 2.45) is 5.73 Å². The van der Waals surface area contributed by atoms with E-state index in [1.807, 2.05) is 6.07 Å². The van der Waals surface area contributed by atoms with E-state index in [-0.39, 0.29) is 24.1 Å². The SMILES string of the molecule is Cc1c(C(N)=O)cc(-c2csc(CC#N)n2)n1Cc1cc(F)ccc1F. The molecule has 0 radical (unpaired) electrons. The van der Waals surface area contributed by atoms with Crippen LogP contribution < -0.4 is 5.73 Å². The molecule has 3 aromatic rings. The number of rotatable bonds is 5. The highest BCUT2D eigenvalue weighted by atomic mass is 32.1. The fourth-order valence-corrected chi connectivity index (χ4v) is 3.44. The predicted octanol–water partition coefficient (Wildman–Crippen LogP) is 3.41. The van der Waals surface area contributed by atoms with E-state index in [1.54, 1.807) is 22.9 Å². The van der Waals surface area contributed by atoms with Crippen LogP contribution in [0.25, 0.3) is 11.4 Å². The van der Waals surface area contributed by atoms with Crippen molar-refractivity contribution in [3.8, 4) is 17.5 Å². The minimum absolute atomic E-state index is 0.0170. The Kier molecular flexibility index (Phi) is 4.82. The molecular weight excluding hydrogens is 358 g/mol. The van der Waals surface area contributed by atoms with Gasteiger partial charge in [-0.25, -0.2) is 13.8 Å². The summed E-state index contributed by atoms with van der Waals surface area (Å²) in [5, 5.41) is 11.2. The molecule has 3 rings (SSSR count). The second kappa shape index (κ2) is 7.06. The topological polar surface area (TPSA) is 84.7 Å². The van der Waals surface area contributed by atoms with Crippen LogP contribution in [-0.2, 0) is 13.0 Å². The summed E-state index contributed by atoms with van der Waals surface area (Å²) < 4.78 is 29.2. The lowest BCUT2D eigenvalue weighted by atomic mass is 10.2. The molecule has 0 bridgehead atoms. The van der Waals surface area contributed by atoms with Gasteiger partial charge in [0.25, 0.3) is 5.91 Å². The smallest absolute Gasteiger partial charge is 0.250 e. The van der Waals surface area contributed by atoms with Gasteiger partial charge in [0.05, 0.1) is 36.0 Å². The first-order valence-electron chi connectivity index (χ1n) is 7.66. The molecule has 0 atom stereocenters. The molecule has 0 aliphatic carbocycles. The summed E-state index contributed by atoms with van der Waals surface area (Å²) in [7, 11) is 0. The summed E-state index contributed by atoms with van der Waals surface area (Å²) in [5.74, 6) is -1.71. The Morgan fingerprint density at radius 3 is 2.85 bits per heavy atom. The van der Waals surface area contributed by atoms with Gasteiger partial charge in [-0.2, -0.15) is 5.26 Å². The van der Waals surface area contributed by atoms with Crippen molar-refractivity contribution in [2.75, 3.05) is 0 Å². The molecule has 0 fully saturated rings. The van der Waals surface area contributed by atoms with Crippen LogP contribution in [0, 0.1) is 29.9 Å². The maximum atomic E-state index is 14.1. The van der Waals surface area contributed by atoms with Crippen LogP contribution in [0.2, 0.25) is 0 Å². The van der Waals surface area contributed by atoms with E-state index < -0.39 is 17.5 Å². The Morgan fingerprint density at radius 2 is 2.15 bits per heavy atom. The molecule has 26 heavy (non-hydrogen) atoms. The van der Waals surface area contributed by atoms with E-state index in [9.17, 15) is 13.6 Å². The zero-order chi connectivity index (χ0) is 18.8. The third kappa shape index (κ3) is 3.34. The number of benzene rings is 1. The molecule has 0 unspecified atom stereocenters.